The summed E-state index contributed by atoms with van der Waals surface area (Å²) in [5.74, 6) is 1.20. The van der Waals surface area contributed by atoms with E-state index >= 15 is 0 Å². The van der Waals surface area contributed by atoms with Crippen LogP contribution in [0.2, 0.25) is 0 Å². The van der Waals surface area contributed by atoms with Gasteiger partial charge in [-0.25, -0.2) is 4.79 Å². The summed E-state index contributed by atoms with van der Waals surface area (Å²) in [4.78, 5) is 11.9. The Kier molecular flexibility index (Phi) is 2.26. The number of allylic oxidation sites excluding steroid dienone is 1. The predicted molar refractivity (Wildman–Crippen MR) is 66.3 cm³/mol. The van der Waals surface area contributed by atoms with Gasteiger partial charge < -0.3 is 4.74 Å². The number of carbonyl (C=O) groups is 1. The Morgan fingerprint density at radius 3 is 2.94 bits per heavy atom. The predicted octanol–water partition coefficient (Wildman–Crippen LogP) is 3.24. The summed E-state index contributed by atoms with van der Waals surface area (Å²) in [7, 11) is 0. The molecule has 2 fully saturated rings. The van der Waals surface area contributed by atoms with Gasteiger partial charge in [-0.05, 0) is 44.6 Å². The Labute approximate surface area is 103 Å². The van der Waals surface area contributed by atoms with Crippen LogP contribution >= 0.6 is 0 Å². The van der Waals surface area contributed by atoms with Crippen LogP contribution in [0, 0.1) is 17.8 Å². The molecule has 3 rings (SSSR count). The van der Waals surface area contributed by atoms with Crippen LogP contribution in [-0.2, 0) is 9.53 Å². The molecule has 2 aliphatic carbocycles. The zero-order valence-corrected chi connectivity index (χ0v) is 10.7. The van der Waals surface area contributed by atoms with Gasteiger partial charge in [0.05, 0.1) is 0 Å². The van der Waals surface area contributed by atoms with E-state index in [0.29, 0.717) is 17.4 Å². The molecule has 2 heteroatoms. The van der Waals surface area contributed by atoms with Crippen molar-refractivity contribution in [3.63, 3.8) is 0 Å². The van der Waals surface area contributed by atoms with Gasteiger partial charge in [-0.3, -0.25) is 0 Å². The van der Waals surface area contributed by atoms with Crippen LogP contribution in [0.4, 0.5) is 0 Å². The molecular weight excluding hydrogens is 212 g/mol. The molecule has 1 aliphatic heterocycles. The molecule has 1 saturated heterocycles. The minimum absolute atomic E-state index is 0.167. The summed E-state index contributed by atoms with van der Waals surface area (Å²) < 4.78 is 5.80. The van der Waals surface area contributed by atoms with E-state index in [1.54, 1.807) is 0 Å². The number of rotatable bonds is 0. The van der Waals surface area contributed by atoms with Crippen LogP contribution < -0.4 is 0 Å². The SMILES string of the molecule is C=C1C(=O)O[C@]23C=C(C)CC[C@H]2[C@H](C)CC[C@@H]13. The molecule has 0 radical (unpaired) electrons. The van der Waals surface area contributed by atoms with Gasteiger partial charge in [0.2, 0.25) is 0 Å². The molecule has 0 amide bonds. The first-order chi connectivity index (χ1) is 8.04. The molecule has 1 spiro atoms. The maximum Gasteiger partial charge on any atom is 0.334 e. The molecule has 0 bridgehead atoms. The molecular formula is C15H20O2. The number of ether oxygens (including phenoxy) is 1. The fraction of sp³-hybridized carbons (Fsp3) is 0.667. The topological polar surface area (TPSA) is 26.3 Å². The Bertz CT molecular complexity index is 421. The van der Waals surface area contributed by atoms with Crippen molar-refractivity contribution in [1.29, 1.82) is 0 Å². The third kappa shape index (κ3) is 1.36. The van der Waals surface area contributed by atoms with E-state index in [-0.39, 0.29) is 17.5 Å². The van der Waals surface area contributed by atoms with Crippen molar-refractivity contribution in [3.8, 4) is 0 Å². The van der Waals surface area contributed by atoms with Crippen molar-refractivity contribution >= 4 is 5.97 Å². The summed E-state index contributed by atoms with van der Waals surface area (Å²) >= 11 is 0. The van der Waals surface area contributed by atoms with Crippen molar-refractivity contribution in [1.82, 2.24) is 0 Å². The Morgan fingerprint density at radius 2 is 2.18 bits per heavy atom. The maximum absolute atomic E-state index is 11.9. The maximum atomic E-state index is 11.9. The van der Waals surface area contributed by atoms with Crippen LogP contribution in [0.3, 0.4) is 0 Å². The quantitative estimate of drug-likeness (QED) is 0.364. The second-order valence-electron chi connectivity index (χ2n) is 6.01. The summed E-state index contributed by atoms with van der Waals surface area (Å²) in [5, 5.41) is 0. The zero-order chi connectivity index (χ0) is 12.2. The Balaban J connectivity index is 2.11. The van der Waals surface area contributed by atoms with E-state index in [9.17, 15) is 4.79 Å². The van der Waals surface area contributed by atoms with Gasteiger partial charge in [0.1, 0.15) is 5.60 Å². The van der Waals surface area contributed by atoms with Crippen molar-refractivity contribution in [2.45, 2.75) is 45.1 Å². The molecule has 2 nitrogen and oxygen atoms in total. The second-order valence-corrected chi connectivity index (χ2v) is 6.01. The first-order valence-electron chi connectivity index (χ1n) is 6.65. The fourth-order valence-corrected chi connectivity index (χ4v) is 4.11. The lowest BCUT2D eigenvalue weighted by molar-refractivity contribution is -0.153. The highest BCUT2D eigenvalue weighted by molar-refractivity contribution is 5.92. The first-order valence-corrected chi connectivity index (χ1v) is 6.65. The number of carbonyl (C=O) groups excluding carboxylic acids is 1. The van der Waals surface area contributed by atoms with Gasteiger partial charge in [0, 0.05) is 17.4 Å². The first kappa shape index (κ1) is 11.1. The van der Waals surface area contributed by atoms with Crippen molar-refractivity contribution in [2.75, 3.05) is 0 Å². The molecule has 4 atom stereocenters. The van der Waals surface area contributed by atoms with Crippen LogP contribution in [0.15, 0.2) is 23.8 Å². The van der Waals surface area contributed by atoms with Crippen molar-refractivity contribution in [3.05, 3.63) is 23.8 Å². The van der Waals surface area contributed by atoms with E-state index in [4.69, 9.17) is 4.74 Å². The lowest BCUT2D eigenvalue weighted by Gasteiger charge is -2.48. The summed E-state index contributed by atoms with van der Waals surface area (Å²) in [5.41, 5.74) is 1.73. The van der Waals surface area contributed by atoms with Gasteiger partial charge in [-0.1, -0.05) is 19.1 Å². The molecule has 1 saturated carbocycles. The van der Waals surface area contributed by atoms with E-state index in [0.717, 1.165) is 19.3 Å². The smallest absolute Gasteiger partial charge is 0.334 e. The number of hydrogen-bond acceptors (Lipinski definition) is 2. The Morgan fingerprint density at radius 1 is 1.41 bits per heavy atom. The molecule has 0 aromatic rings. The van der Waals surface area contributed by atoms with Gasteiger partial charge >= 0.3 is 5.97 Å². The van der Waals surface area contributed by atoms with E-state index in [1.165, 1.54) is 12.0 Å². The average molecular weight is 232 g/mol. The minimum Gasteiger partial charge on any atom is -0.450 e. The molecule has 0 aromatic heterocycles. The van der Waals surface area contributed by atoms with Gasteiger partial charge in [-0.2, -0.15) is 0 Å². The summed E-state index contributed by atoms with van der Waals surface area (Å²) in [6.07, 6.45) is 6.78. The highest BCUT2D eigenvalue weighted by Gasteiger charge is 2.58. The zero-order valence-electron chi connectivity index (χ0n) is 10.7. The van der Waals surface area contributed by atoms with Crippen molar-refractivity contribution in [2.24, 2.45) is 17.8 Å². The molecule has 1 heterocycles. The van der Waals surface area contributed by atoms with Crippen LogP contribution in [0.1, 0.15) is 39.5 Å². The third-order valence-electron chi connectivity index (χ3n) is 5.00. The summed E-state index contributed by atoms with van der Waals surface area (Å²) in [6, 6.07) is 0. The van der Waals surface area contributed by atoms with Gasteiger partial charge in [0.25, 0.3) is 0 Å². The Hall–Kier alpha value is -1.05. The lowest BCUT2D eigenvalue weighted by atomic mass is 9.59. The number of esters is 1. The largest absolute Gasteiger partial charge is 0.450 e. The molecule has 17 heavy (non-hydrogen) atoms. The summed E-state index contributed by atoms with van der Waals surface area (Å²) in [6.45, 7) is 8.40. The monoisotopic (exact) mass is 232 g/mol. The van der Waals surface area contributed by atoms with Gasteiger partial charge in [0.15, 0.2) is 0 Å². The molecule has 92 valence electrons. The molecule has 0 N–H and O–H groups in total. The second kappa shape index (κ2) is 3.47. The lowest BCUT2D eigenvalue weighted by Crippen LogP contribution is -2.49. The average Bonchev–Trinajstić information content (AvgIpc) is 2.50. The highest BCUT2D eigenvalue weighted by atomic mass is 16.6. The van der Waals surface area contributed by atoms with E-state index in [2.05, 4.69) is 26.5 Å². The van der Waals surface area contributed by atoms with Gasteiger partial charge in [-0.15, -0.1) is 0 Å². The van der Waals surface area contributed by atoms with E-state index < -0.39 is 0 Å². The van der Waals surface area contributed by atoms with Crippen molar-refractivity contribution < 1.29 is 9.53 Å². The van der Waals surface area contributed by atoms with Crippen LogP contribution in [0.5, 0.6) is 0 Å². The molecule has 3 aliphatic rings. The molecule has 0 aromatic carbocycles. The number of hydrogen-bond donors (Lipinski definition) is 0. The standard InChI is InChI=1S/C15H20O2/c1-9-4-6-12-10(2)5-7-13-11(3)14(16)17-15(12,13)8-9/h8,10,12-13H,3-7H2,1-2H3/t10-,12+,13+,15-/m1/s1. The minimum atomic E-state index is -0.339. The van der Waals surface area contributed by atoms with E-state index in [1.807, 2.05) is 0 Å². The fourth-order valence-electron chi connectivity index (χ4n) is 4.11. The normalized spacial score (nSPS) is 44.8. The molecule has 0 unspecified atom stereocenters. The van der Waals surface area contributed by atoms with Crippen LogP contribution in [-0.4, -0.2) is 11.6 Å². The third-order valence-corrected chi connectivity index (χ3v) is 5.00. The highest BCUT2D eigenvalue weighted by Crippen LogP contribution is 2.55. The van der Waals surface area contributed by atoms with Crippen LogP contribution in [0.25, 0.3) is 0 Å².